The Bertz CT molecular complexity index is 119. The summed E-state index contributed by atoms with van der Waals surface area (Å²) >= 11 is 0. The van der Waals surface area contributed by atoms with E-state index < -0.39 is 0 Å². The quantitative estimate of drug-likeness (QED) is 0.356. The van der Waals surface area contributed by atoms with Gasteiger partial charge in [0.1, 0.15) is 0 Å². The molecule has 0 amide bonds. The first-order chi connectivity index (χ1) is 5.81. The van der Waals surface area contributed by atoms with Crippen LogP contribution in [0.4, 0.5) is 0 Å². The molecule has 0 fully saturated rings. The van der Waals surface area contributed by atoms with Gasteiger partial charge in [0.25, 0.3) is 0 Å². The van der Waals surface area contributed by atoms with E-state index in [-0.39, 0.29) is 0 Å². The second-order valence-corrected chi connectivity index (χ2v) is 3.23. The summed E-state index contributed by atoms with van der Waals surface area (Å²) in [7, 11) is 1.76. The zero-order valence-corrected chi connectivity index (χ0v) is 8.47. The topological polar surface area (TPSA) is 38.4 Å². The van der Waals surface area contributed by atoms with Crippen LogP contribution in [-0.2, 0) is 0 Å². The van der Waals surface area contributed by atoms with Crippen LogP contribution in [0.3, 0.4) is 0 Å². The Labute approximate surface area is 76.3 Å². The minimum Gasteiger partial charge on any atom is -0.387 e. The molecule has 72 valence electrons. The van der Waals surface area contributed by atoms with Gasteiger partial charge in [-0.05, 0) is 6.42 Å². The van der Waals surface area contributed by atoms with E-state index in [1.807, 2.05) is 0 Å². The summed E-state index contributed by atoms with van der Waals surface area (Å²) in [5.41, 5.74) is 5.56. The molecule has 2 nitrogen and oxygen atoms in total. The molecule has 0 aromatic heterocycles. The summed E-state index contributed by atoms with van der Waals surface area (Å²) < 4.78 is 0. The Kier molecular flexibility index (Phi) is 8.19. The van der Waals surface area contributed by atoms with Crippen molar-refractivity contribution < 1.29 is 0 Å². The number of unbranched alkanes of at least 4 members (excludes halogenated alkanes) is 5. The molecular weight excluding hydrogens is 148 g/mol. The molecule has 0 saturated heterocycles. The second-order valence-electron chi connectivity index (χ2n) is 3.23. The minimum absolute atomic E-state index is 0.797. The minimum atomic E-state index is 0.797. The Balaban J connectivity index is 3.00. The molecule has 0 heterocycles. The van der Waals surface area contributed by atoms with Crippen LogP contribution in [0.25, 0.3) is 0 Å². The molecular formula is C10H22N2. The summed E-state index contributed by atoms with van der Waals surface area (Å²) in [4.78, 5) is 3.92. The van der Waals surface area contributed by atoms with E-state index in [9.17, 15) is 0 Å². The van der Waals surface area contributed by atoms with E-state index in [1.54, 1.807) is 7.05 Å². The maximum absolute atomic E-state index is 5.56. The van der Waals surface area contributed by atoms with Gasteiger partial charge in [-0.3, -0.25) is 4.99 Å². The molecule has 0 spiro atoms. The molecule has 0 aliphatic rings. The van der Waals surface area contributed by atoms with Crippen molar-refractivity contribution >= 4 is 5.84 Å². The second kappa shape index (κ2) is 8.57. The van der Waals surface area contributed by atoms with Gasteiger partial charge in [0.2, 0.25) is 0 Å². The molecule has 12 heavy (non-hydrogen) atoms. The lowest BCUT2D eigenvalue weighted by Crippen LogP contribution is -2.10. The van der Waals surface area contributed by atoms with Gasteiger partial charge >= 0.3 is 0 Å². The van der Waals surface area contributed by atoms with Crippen LogP contribution in [0.5, 0.6) is 0 Å². The number of rotatable bonds is 7. The number of hydrogen-bond acceptors (Lipinski definition) is 1. The van der Waals surface area contributed by atoms with Crippen LogP contribution in [0, 0.1) is 0 Å². The summed E-state index contributed by atoms with van der Waals surface area (Å²) in [5, 5.41) is 0. The van der Waals surface area contributed by atoms with Gasteiger partial charge in [0.15, 0.2) is 0 Å². The highest BCUT2D eigenvalue weighted by molar-refractivity contribution is 5.79. The first kappa shape index (κ1) is 11.5. The van der Waals surface area contributed by atoms with E-state index in [1.165, 1.54) is 38.5 Å². The van der Waals surface area contributed by atoms with Gasteiger partial charge in [-0.25, -0.2) is 0 Å². The predicted octanol–water partition coefficient (Wildman–Crippen LogP) is 2.72. The molecule has 0 unspecified atom stereocenters. The molecule has 0 aliphatic heterocycles. The van der Waals surface area contributed by atoms with E-state index in [0.717, 1.165) is 12.3 Å². The molecule has 0 aromatic rings. The molecule has 0 bridgehead atoms. The van der Waals surface area contributed by atoms with Crippen LogP contribution in [0.15, 0.2) is 4.99 Å². The van der Waals surface area contributed by atoms with Gasteiger partial charge in [0, 0.05) is 13.5 Å². The van der Waals surface area contributed by atoms with E-state index in [4.69, 9.17) is 5.73 Å². The lowest BCUT2D eigenvalue weighted by atomic mass is 10.1. The number of aliphatic imine (C=N–C) groups is 1. The highest BCUT2D eigenvalue weighted by Crippen LogP contribution is 2.06. The smallest absolute Gasteiger partial charge is 0.0933 e. The molecule has 2 heteroatoms. The Morgan fingerprint density at radius 3 is 2.25 bits per heavy atom. The van der Waals surface area contributed by atoms with Gasteiger partial charge in [-0.1, -0.05) is 39.0 Å². The number of amidine groups is 1. The van der Waals surface area contributed by atoms with Crippen molar-refractivity contribution in [2.45, 2.75) is 51.9 Å². The van der Waals surface area contributed by atoms with Gasteiger partial charge in [-0.2, -0.15) is 0 Å². The van der Waals surface area contributed by atoms with E-state index >= 15 is 0 Å². The third-order valence-electron chi connectivity index (χ3n) is 2.07. The van der Waals surface area contributed by atoms with Crippen LogP contribution in [0.2, 0.25) is 0 Å². The lowest BCUT2D eigenvalue weighted by Gasteiger charge is -1.99. The van der Waals surface area contributed by atoms with Gasteiger partial charge in [-0.15, -0.1) is 0 Å². The number of hydrogen-bond donors (Lipinski definition) is 1. The van der Waals surface area contributed by atoms with Crippen molar-refractivity contribution in [3.05, 3.63) is 0 Å². The summed E-state index contributed by atoms with van der Waals surface area (Å²) in [6.45, 7) is 2.24. The lowest BCUT2D eigenvalue weighted by molar-refractivity contribution is 0.615. The zero-order chi connectivity index (χ0) is 9.23. The predicted molar refractivity (Wildman–Crippen MR) is 55.5 cm³/mol. The molecule has 0 radical (unpaired) electrons. The SMILES string of the molecule is CCCCCCCCC(N)=NC. The molecule has 2 N–H and O–H groups in total. The highest BCUT2D eigenvalue weighted by Gasteiger charge is 1.92. The standard InChI is InChI=1S/C10H22N2/c1-3-4-5-6-7-8-9-10(11)12-2/h3-9H2,1-2H3,(H2,11,12). The number of nitrogens with two attached hydrogens (primary N) is 1. The van der Waals surface area contributed by atoms with Crippen molar-refractivity contribution in [3.63, 3.8) is 0 Å². The van der Waals surface area contributed by atoms with E-state index in [0.29, 0.717) is 0 Å². The molecule has 0 aromatic carbocycles. The Morgan fingerprint density at radius 1 is 1.08 bits per heavy atom. The normalized spacial score (nSPS) is 12.0. The molecule has 0 rings (SSSR count). The van der Waals surface area contributed by atoms with E-state index in [2.05, 4.69) is 11.9 Å². The van der Waals surface area contributed by atoms with Gasteiger partial charge in [0.05, 0.1) is 5.84 Å². The monoisotopic (exact) mass is 170 g/mol. The third-order valence-corrected chi connectivity index (χ3v) is 2.07. The fraction of sp³-hybridized carbons (Fsp3) is 0.900. The Morgan fingerprint density at radius 2 is 1.67 bits per heavy atom. The van der Waals surface area contributed by atoms with Crippen molar-refractivity contribution in [3.8, 4) is 0 Å². The first-order valence-electron chi connectivity index (χ1n) is 5.02. The van der Waals surface area contributed by atoms with Crippen LogP contribution in [0.1, 0.15) is 51.9 Å². The fourth-order valence-corrected chi connectivity index (χ4v) is 1.20. The van der Waals surface area contributed by atoms with Crippen LogP contribution >= 0.6 is 0 Å². The largest absolute Gasteiger partial charge is 0.387 e. The average Bonchev–Trinajstić information content (AvgIpc) is 2.10. The first-order valence-corrected chi connectivity index (χ1v) is 5.02. The highest BCUT2D eigenvalue weighted by atomic mass is 14.8. The van der Waals surface area contributed by atoms with Crippen LogP contribution < -0.4 is 5.73 Å². The van der Waals surface area contributed by atoms with Crippen molar-refractivity contribution in [2.75, 3.05) is 7.05 Å². The summed E-state index contributed by atoms with van der Waals surface area (Å²) in [6, 6.07) is 0. The molecule has 0 saturated carbocycles. The Hall–Kier alpha value is -0.530. The van der Waals surface area contributed by atoms with Crippen molar-refractivity contribution in [1.29, 1.82) is 0 Å². The van der Waals surface area contributed by atoms with Gasteiger partial charge < -0.3 is 5.73 Å². The van der Waals surface area contributed by atoms with Crippen molar-refractivity contribution in [2.24, 2.45) is 10.7 Å². The molecule has 0 atom stereocenters. The molecule has 0 aliphatic carbocycles. The maximum Gasteiger partial charge on any atom is 0.0933 e. The van der Waals surface area contributed by atoms with Crippen molar-refractivity contribution in [1.82, 2.24) is 0 Å². The maximum atomic E-state index is 5.56. The average molecular weight is 170 g/mol. The van der Waals surface area contributed by atoms with Crippen LogP contribution in [-0.4, -0.2) is 12.9 Å². The fourth-order valence-electron chi connectivity index (χ4n) is 1.20. The third kappa shape index (κ3) is 7.58. The number of nitrogens with zero attached hydrogens (tertiary/aromatic N) is 1. The summed E-state index contributed by atoms with van der Waals surface area (Å²) in [5.74, 6) is 0.797. The summed E-state index contributed by atoms with van der Waals surface area (Å²) in [6.07, 6.45) is 8.89. The zero-order valence-electron chi connectivity index (χ0n) is 8.47.